The molecule has 1 fully saturated rings. The summed E-state index contributed by atoms with van der Waals surface area (Å²) in [5.41, 5.74) is 0.583. The van der Waals surface area contributed by atoms with Crippen LogP contribution in [0.2, 0.25) is 10.0 Å². The Kier molecular flexibility index (Phi) is 7.57. The maximum absolute atomic E-state index is 12.6. The average Bonchev–Trinajstić information content (AvgIpc) is 2.71. The number of hydrogen-bond acceptors (Lipinski definition) is 4. The highest BCUT2D eigenvalue weighted by molar-refractivity contribution is 6.36. The normalized spacial score (nSPS) is 16.5. The van der Waals surface area contributed by atoms with Crippen LogP contribution >= 0.6 is 23.2 Å². The number of rotatable bonds is 7. The lowest BCUT2D eigenvalue weighted by Gasteiger charge is -2.37. The van der Waals surface area contributed by atoms with Crippen LogP contribution in [0.15, 0.2) is 48.5 Å². The van der Waals surface area contributed by atoms with Gasteiger partial charge in [-0.3, -0.25) is 14.6 Å². The minimum absolute atomic E-state index is 0.0647. The van der Waals surface area contributed by atoms with Gasteiger partial charge < -0.3 is 10.1 Å². The number of piperazine rings is 1. The molecule has 1 atom stereocenters. The van der Waals surface area contributed by atoms with Crippen LogP contribution in [0, 0.1) is 0 Å². The highest BCUT2D eigenvalue weighted by atomic mass is 35.5. The molecule has 1 aliphatic rings. The molecule has 2 aromatic rings. The van der Waals surface area contributed by atoms with Crippen molar-refractivity contribution in [1.82, 2.24) is 9.80 Å². The van der Waals surface area contributed by atoms with Gasteiger partial charge >= 0.3 is 0 Å². The number of anilines is 1. The predicted octanol–water partition coefficient (Wildman–Crippen LogP) is 4.02. The van der Waals surface area contributed by atoms with Gasteiger partial charge in [0.15, 0.2) is 0 Å². The van der Waals surface area contributed by atoms with Gasteiger partial charge in [-0.15, -0.1) is 0 Å². The Labute approximate surface area is 176 Å². The minimum Gasteiger partial charge on any atom is -0.492 e. The summed E-state index contributed by atoms with van der Waals surface area (Å²) in [6, 6.07) is 14.7. The molecule has 0 bridgehead atoms. The number of benzene rings is 2. The molecule has 3 rings (SSSR count). The molecule has 1 aliphatic heterocycles. The maximum atomic E-state index is 12.6. The lowest BCUT2D eigenvalue weighted by Crippen LogP contribution is -2.53. The standard InChI is InChI=1S/C21H25Cl2N3O2/c1-16(21(27)24-20-8-7-17(22)15-19(20)23)26-11-9-25(10-12-26)13-14-28-18-5-3-2-4-6-18/h2-8,15-16H,9-14H2,1H3,(H,24,27)/t16-/m1/s1. The maximum Gasteiger partial charge on any atom is 0.241 e. The zero-order valence-corrected chi connectivity index (χ0v) is 17.4. The summed E-state index contributed by atoms with van der Waals surface area (Å²) in [6.07, 6.45) is 0. The van der Waals surface area contributed by atoms with Crippen LogP contribution < -0.4 is 10.1 Å². The van der Waals surface area contributed by atoms with Gasteiger partial charge in [-0.1, -0.05) is 41.4 Å². The number of ether oxygens (including phenoxy) is 1. The van der Waals surface area contributed by atoms with Crippen LogP contribution in [0.4, 0.5) is 5.69 Å². The summed E-state index contributed by atoms with van der Waals surface area (Å²) >= 11 is 12.0. The summed E-state index contributed by atoms with van der Waals surface area (Å²) in [7, 11) is 0. The molecule has 150 valence electrons. The fourth-order valence-corrected chi connectivity index (χ4v) is 3.63. The summed E-state index contributed by atoms with van der Waals surface area (Å²) in [5, 5.41) is 3.88. The molecular formula is C21H25Cl2N3O2. The first-order chi connectivity index (χ1) is 13.5. The Bertz CT molecular complexity index is 780. The highest BCUT2D eigenvalue weighted by Crippen LogP contribution is 2.25. The second-order valence-electron chi connectivity index (χ2n) is 6.83. The molecule has 7 heteroatoms. The molecule has 0 aliphatic carbocycles. The number of nitrogens with zero attached hydrogens (tertiary/aromatic N) is 2. The summed E-state index contributed by atoms with van der Waals surface area (Å²) < 4.78 is 5.77. The first kappa shape index (κ1) is 20.9. The Morgan fingerprint density at radius 1 is 1.11 bits per heavy atom. The highest BCUT2D eigenvalue weighted by Gasteiger charge is 2.25. The van der Waals surface area contributed by atoms with Crippen molar-refractivity contribution in [1.29, 1.82) is 0 Å². The van der Waals surface area contributed by atoms with E-state index in [0.717, 1.165) is 38.5 Å². The van der Waals surface area contributed by atoms with E-state index in [9.17, 15) is 4.79 Å². The van der Waals surface area contributed by atoms with Gasteiger partial charge in [-0.05, 0) is 37.3 Å². The molecule has 1 heterocycles. The molecule has 28 heavy (non-hydrogen) atoms. The number of para-hydroxylation sites is 1. The summed E-state index contributed by atoms with van der Waals surface area (Å²) in [5.74, 6) is 0.831. The predicted molar refractivity (Wildman–Crippen MR) is 115 cm³/mol. The van der Waals surface area contributed by atoms with E-state index in [0.29, 0.717) is 22.3 Å². The van der Waals surface area contributed by atoms with E-state index in [4.69, 9.17) is 27.9 Å². The largest absolute Gasteiger partial charge is 0.492 e. The van der Waals surface area contributed by atoms with E-state index in [1.54, 1.807) is 18.2 Å². The fourth-order valence-electron chi connectivity index (χ4n) is 3.18. The molecule has 0 radical (unpaired) electrons. The van der Waals surface area contributed by atoms with Crippen molar-refractivity contribution >= 4 is 34.8 Å². The smallest absolute Gasteiger partial charge is 0.241 e. The lowest BCUT2D eigenvalue weighted by atomic mass is 10.2. The van der Waals surface area contributed by atoms with Crippen molar-refractivity contribution < 1.29 is 9.53 Å². The number of nitrogens with one attached hydrogen (secondary N) is 1. The third-order valence-electron chi connectivity index (χ3n) is 4.94. The van der Waals surface area contributed by atoms with E-state index in [1.807, 2.05) is 37.3 Å². The fraction of sp³-hybridized carbons (Fsp3) is 0.381. The number of hydrogen-bond donors (Lipinski definition) is 1. The van der Waals surface area contributed by atoms with Crippen molar-refractivity contribution in [2.24, 2.45) is 0 Å². The van der Waals surface area contributed by atoms with Gasteiger partial charge in [0.05, 0.1) is 16.8 Å². The first-order valence-corrected chi connectivity index (χ1v) is 10.2. The van der Waals surface area contributed by atoms with Crippen molar-refractivity contribution in [2.75, 3.05) is 44.6 Å². The minimum atomic E-state index is -0.227. The van der Waals surface area contributed by atoms with Crippen molar-refractivity contribution in [3.05, 3.63) is 58.6 Å². The summed E-state index contributed by atoms with van der Waals surface area (Å²) in [4.78, 5) is 17.1. The van der Waals surface area contributed by atoms with Crippen molar-refractivity contribution in [3.8, 4) is 5.75 Å². The third kappa shape index (κ3) is 5.85. The second kappa shape index (κ2) is 10.1. The summed E-state index contributed by atoms with van der Waals surface area (Å²) in [6.45, 7) is 6.98. The second-order valence-corrected chi connectivity index (χ2v) is 7.67. The van der Waals surface area contributed by atoms with Gasteiger partial charge in [0.25, 0.3) is 0 Å². The monoisotopic (exact) mass is 421 g/mol. The molecule has 0 saturated carbocycles. The van der Waals surface area contributed by atoms with Gasteiger partial charge in [0.2, 0.25) is 5.91 Å². The van der Waals surface area contributed by atoms with Crippen LogP contribution in [0.25, 0.3) is 0 Å². The Morgan fingerprint density at radius 3 is 2.50 bits per heavy atom. The van der Waals surface area contributed by atoms with Gasteiger partial charge in [0, 0.05) is 37.7 Å². The van der Waals surface area contributed by atoms with E-state index in [1.165, 1.54) is 0 Å². The van der Waals surface area contributed by atoms with Gasteiger partial charge in [0.1, 0.15) is 12.4 Å². The molecule has 0 spiro atoms. The Morgan fingerprint density at radius 2 is 1.82 bits per heavy atom. The topological polar surface area (TPSA) is 44.8 Å². The van der Waals surface area contributed by atoms with Gasteiger partial charge in [-0.25, -0.2) is 0 Å². The SMILES string of the molecule is C[C@H](C(=O)Nc1ccc(Cl)cc1Cl)N1CCN(CCOc2ccccc2)CC1. The molecular weight excluding hydrogens is 397 g/mol. The van der Waals surface area contributed by atoms with Crippen molar-refractivity contribution in [2.45, 2.75) is 13.0 Å². The van der Waals surface area contributed by atoms with E-state index in [2.05, 4.69) is 15.1 Å². The molecule has 0 unspecified atom stereocenters. The number of carbonyl (C=O) groups is 1. The molecule has 1 saturated heterocycles. The van der Waals surface area contributed by atoms with E-state index < -0.39 is 0 Å². The van der Waals surface area contributed by atoms with E-state index >= 15 is 0 Å². The zero-order valence-electron chi connectivity index (χ0n) is 15.9. The van der Waals surface area contributed by atoms with Crippen LogP contribution in [0.1, 0.15) is 6.92 Å². The van der Waals surface area contributed by atoms with Gasteiger partial charge in [-0.2, -0.15) is 0 Å². The average molecular weight is 422 g/mol. The quantitative estimate of drug-likeness (QED) is 0.732. The molecule has 5 nitrogen and oxygen atoms in total. The molecule has 1 amide bonds. The zero-order chi connectivity index (χ0) is 19.9. The van der Waals surface area contributed by atoms with Crippen LogP contribution in [0.3, 0.4) is 0 Å². The van der Waals surface area contributed by atoms with Crippen LogP contribution in [-0.2, 0) is 4.79 Å². The number of amides is 1. The van der Waals surface area contributed by atoms with Crippen molar-refractivity contribution in [3.63, 3.8) is 0 Å². The number of halogens is 2. The Balaban J connectivity index is 1.41. The first-order valence-electron chi connectivity index (χ1n) is 9.43. The molecule has 2 aromatic carbocycles. The molecule has 0 aromatic heterocycles. The lowest BCUT2D eigenvalue weighted by molar-refractivity contribution is -0.121. The Hall–Kier alpha value is -1.79. The third-order valence-corrected chi connectivity index (χ3v) is 5.49. The van der Waals surface area contributed by atoms with Crippen LogP contribution in [-0.4, -0.2) is 61.1 Å². The van der Waals surface area contributed by atoms with Crippen LogP contribution in [0.5, 0.6) is 5.75 Å². The number of carbonyl (C=O) groups excluding carboxylic acids is 1. The van der Waals surface area contributed by atoms with E-state index in [-0.39, 0.29) is 11.9 Å². The molecule has 1 N–H and O–H groups in total.